The lowest BCUT2D eigenvalue weighted by Gasteiger charge is -2.47. The van der Waals surface area contributed by atoms with E-state index in [1.165, 1.54) is 50.3 Å². The molecule has 42 heavy (non-hydrogen) atoms. The molecule has 0 radical (unpaired) electrons. The van der Waals surface area contributed by atoms with E-state index >= 15 is 0 Å². The Morgan fingerprint density at radius 1 is 0.810 bits per heavy atom. The zero-order valence-corrected chi connectivity index (χ0v) is 24.7. The highest BCUT2D eigenvalue weighted by atomic mass is 14.9. The Morgan fingerprint density at radius 3 is 2.19 bits per heavy atom. The van der Waals surface area contributed by atoms with Crippen LogP contribution in [-0.2, 0) is 10.8 Å². The zero-order chi connectivity index (χ0) is 29.1. The van der Waals surface area contributed by atoms with Crippen LogP contribution in [0.1, 0.15) is 43.9 Å². The van der Waals surface area contributed by atoms with Crippen LogP contribution in [0.5, 0.6) is 0 Å². The lowest BCUT2D eigenvalue weighted by Crippen LogP contribution is -2.42. The third kappa shape index (κ3) is 3.78. The normalized spacial score (nSPS) is 24.8. The summed E-state index contributed by atoms with van der Waals surface area (Å²) >= 11 is 0. The number of nitrogens with one attached hydrogen (secondary N) is 2. The molecule has 0 spiro atoms. The molecule has 2 heterocycles. The van der Waals surface area contributed by atoms with E-state index in [1.807, 2.05) is 12.2 Å². The number of hydrogen-bond donors (Lipinski definition) is 2. The average molecular weight is 547 g/mol. The van der Waals surface area contributed by atoms with Gasteiger partial charge in [-0.15, -0.1) is 0 Å². The minimum Gasteiger partial charge on any atom is -0.355 e. The van der Waals surface area contributed by atoms with Gasteiger partial charge in [0, 0.05) is 28.2 Å². The maximum absolute atomic E-state index is 4.13. The summed E-state index contributed by atoms with van der Waals surface area (Å²) in [5.74, 6) is 0.677. The van der Waals surface area contributed by atoms with Crippen LogP contribution in [0, 0.1) is 11.8 Å². The van der Waals surface area contributed by atoms with Gasteiger partial charge >= 0.3 is 0 Å². The molecule has 208 valence electrons. The molecule has 2 nitrogen and oxygen atoms in total. The molecule has 3 atom stereocenters. The van der Waals surface area contributed by atoms with Crippen LogP contribution in [-0.4, -0.2) is 0 Å². The van der Waals surface area contributed by atoms with Gasteiger partial charge in [-0.2, -0.15) is 0 Å². The number of allylic oxidation sites excluding steroid dienone is 10. The predicted molar refractivity (Wildman–Crippen MR) is 179 cm³/mol. The molecule has 0 amide bonds. The molecule has 2 N–H and O–H groups in total. The van der Waals surface area contributed by atoms with E-state index in [4.69, 9.17) is 0 Å². The fraction of sp³-hybridized carbons (Fsp3) is 0.200. The summed E-state index contributed by atoms with van der Waals surface area (Å²) in [6.45, 7) is 15.0. The van der Waals surface area contributed by atoms with Crippen molar-refractivity contribution in [3.05, 3.63) is 168 Å². The van der Waals surface area contributed by atoms with Crippen LogP contribution in [0.3, 0.4) is 0 Å². The average Bonchev–Trinajstić information content (AvgIpc) is 3.40. The highest BCUT2D eigenvalue weighted by Crippen LogP contribution is 2.57. The molecule has 7 rings (SSSR count). The SMILES string of the molecule is C=CC1=C(C=C)C(C)(C)c2cc(-c3ccc4c(c3)C(c3ccccc3)(C3C=CC=CC3)C3=CC(C)C=C3N4)ccc2N1. The van der Waals surface area contributed by atoms with Gasteiger partial charge < -0.3 is 10.6 Å². The quantitative estimate of drug-likeness (QED) is 0.333. The Kier molecular flexibility index (Phi) is 6.13. The lowest BCUT2D eigenvalue weighted by atomic mass is 9.57. The van der Waals surface area contributed by atoms with Crippen molar-refractivity contribution in [2.45, 2.75) is 38.0 Å². The van der Waals surface area contributed by atoms with Crippen LogP contribution < -0.4 is 10.6 Å². The molecular formula is C40H38N2. The molecule has 3 unspecified atom stereocenters. The van der Waals surface area contributed by atoms with E-state index < -0.39 is 0 Å². The molecule has 0 saturated carbocycles. The molecule has 3 aromatic rings. The maximum Gasteiger partial charge on any atom is 0.0554 e. The smallest absolute Gasteiger partial charge is 0.0554 e. The Hall–Kier alpha value is -4.56. The molecule has 0 bridgehead atoms. The third-order valence-electron chi connectivity index (χ3n) is 9.72. The number of fused-ring (bicyclic) bond motifs is 3. The minimum atomic E-state index is -0.303. The van der Waals surface area contributed by atoms with Gasteiger partial charge in [0.2, 0.25) is 0 Å². The van der Waals surface area contributed by atoms with Crippen LogP contribution in [0.2, 0.25) is 0 Å². The molecule has 2 aliphatic heterocycles. The summed E-state index contributed by atoms with van der Waals surface area (Å²) in [4.78, 5) is 0. The second kappa shape index (κ2) is 9.77. The van der Waals surface area contributed by atoms with E-state index in [0.717, 1.165) is 17.8 Å². The largest absolute Gasteiger partial charge is 0.355 e. The van der Waals surface area contributed by atoms with Gasteiger partial charge in [-0.25, -0.2) is 0 Å². The summed E-state index contributed by atoms with van der Waals surface area (Å²) < 4.78 is 0. The Labute approximate surface area is 250 Å². The van der Waals surface area contributed by atoms with Crippen LogP contribution >= 0.6 is 0 Å². The first kappa shape index (κ1) is 26.3. The van der Waals surface area contributed by atoms with Gasteiger partial charge in [-0.1, -0.05) is 119 Å². The number of anilines is 2. The zero-order valence-electron chi connectivity index (χ0n) is 24.7. The predicted octanol–water partition coefficient (Wildman–Crippen LogP) is 9.99. The van der Waals surface area contributed by atoms with E-state index in [1.54, 1.807) is 0 Å². The summed E-state index contributed by atoms with van der Waals surface area (Å²) in [7, 11) is 0. The molecule has 2 heteroatoms. The fourth-order valence-electron chi connectivity index (χ4n) is 7.75. The first-order chi connectivity index (χ1) is 20.4. The Bertz CT molecular complexity index is 1780. The maximum atomic E-state index is 4.13. The monoisotopic (exact) mass is 546 g/mol. The highest BCUT2D eigenvalue weighted by Gasteiger charge is 2.50. The summed E-state index contributed by atoms with van der Waals surface area (Å²) in [5.41, 5.74) is 13.0. The number of hydrogen-bond acceptors (Lipinski definition) is 2. The van der Waals surface area contributed by atoms with Crippen molar-refractivity contribution in [3.8, 4) is 11.1 Å². The van der Waals surface area contributed by atoms with Crippen LogP contribution in [0.4, 0.5) is 11.4 Å². The lowest BCUT2D eigenvalue weighted by molar-refractivity contribution is 0.440. The molecular weight excluding hydrogens is 508 g/mol. The van der Waals surface area contributed by atoms with Crippen molar-refractivity contribution in [3.63, 3.8) is 0 Å². The first-order valence-electron chi connectivity index (χ1n) is 15.0. The number of benzene rings is 3. The van der Waals surface area contributed by atoms with E-state index in [2.05, 4.69) is 148 Å². The van der Waals surface area contributed by atoms with Crippen LogP contribution in [0.25, 0.3) is 11.1 Å². The Morgan fingerprint density at radius 2 is 1.52 bits per heavy atom. The molecule has 4 aliphatic rings. The molecule has 3 aromatic carbocycles. The summed E-state index contributed by atoms with van der Waals surface area (Å²) in [6.07, 6.45) is 18.9. The summed E-state index contributed by atoms with van der Waals surface area (Å²) in [5, 5.41) is 7.42. The molecule has 0 saturated heterocycles. The first-order valence-corrected chi connectivity index (χ1v) is 15.0. The topological polar surface area (TPSA) is 24.1 Å². The van der Waals surface area contributed by atoms with Crippen molar-refractivity contribution in [2.24, 2.45) is 11.8 Å². The van der Waals surface area contributed by atoms with Crippen molar-refractivity contribution < 1.29 is 0 Å². The van der Waals surface area contributed by atoms with Gasteiger partial charge in [0.15, 0.2) is 0 Å². The molecule has 0 aromatic heterocycles. The van der Waals surface area contributed by atoms with Crippen molar-refractivity contribution in [2.75, 3.05) is 10.6 Å². The van der Waals surface area contributed by atoms with Gasteiger partial charge in [0.1, 0.15) is 0 Å². The standard InChI is InChI=1S/C40H38N2/c1-6-31-35(7-2)41-36-20-18-27(24-32(36)39(31,4)5)28-19-21-37-34(25-28)40(29-14-10-8-11-15-29,30-16-12-9-13-17-30)33-22-26(3)23-38(33)42-37/h6-16,18-26,30,41-42H,1-2,17H2,3-5H3. The highest BCUT2D eigenvalue weighted by molar-refractivity contribution is 5.81. The second-order valence-corrected chi connectivity index (χ2v) is 12.5. The third-order valence-corrected chi connectivity index (χ3v) is 9.72. The van der Waals surface area contributed by atoms with Crippen molar-refractivity contribution in [1.29, 1.82) is 0 Å². The van der Waals surface area contributed by atoms with Crippen molar-refractivity contribution in [1.82, 2.24) is 0 Å². The van der Waals surface area contributed by atoms with Gasteiger partial charge in [-0.05, 0) is 87.6 Å². The molecule has 0 fully saturated rings. The second-order valence-electron chi connectivity index (χ2n) is 12.5. The van der Waals surface area contributed by atoms with Gasteiger partial charge in [-0.3, -0.25) is 0 Å². The fourth-order valence-corrected chi connectivity index (χ4v) is 7.75. The Balaban J connectivity index is 1.45. The summed E-state index contributed by atoms with van der Waals surface area (Å²) in [6, 6.07) is 25.0. The number of rotatable bonds is 5. The van der Waals surface area contributed by atoms with Gasteiger partial charge in [0.25, 0.3) is 0 Å². The van der Waals surface area contributed by atoms with Crippen molar-refractivity contribution >= 4 is 11.4 Å². The molecule has 2 aliphatic carbocycles. The minimum absolute atomic E-state index is 0.199. The van der Waals surface area contributed by atoms with Crippen LogP contribution in [0.15, 0.2) is 151 Å². The van der Waals surface area contributed by atoms with Gasteiger partial charge in [0.05, 0.1) is 5.41 Å². The van der Waals surface area contributed by atoms with E-state index in [9.17, 15) is 0 Å². The van der Waals surface area contributed by atoms with E-state index in [-0.39, 0.29) is 10.8 Å². The van der Waals surface area contributed by atoms with E-state index in [0.29, 0.717) is 11.8 Å².